The van der Waals surface area contributed by atoms with Crippen LogP contribution in [0.4, 0.5) is 18.0 Å². The van der Waals surface area contributed by atoms with Gasteiger partial charge in [-0.1, -0.05) is 97.1 Å². The van der Waals surface area contributed by atoms with E-state index in [2.05, 4.69) is 4.99 Å². The summed E-state index contributed by atoms with van der Waals surface area (Å²) in [5.41, 5.74) is 1.57. The first kappa shape index (κ1) is 28.4. The van der Waals surface area contributed by atoms with Crippen molar-refractivity contribution in [2.45, 2.75) is 18.8 Å². The van der Waals surface area contributed by atoms with Crippen LogP contribution < -0.4 is 0 Å². The predicted octanol–water partition coefficient (Wildman–Crippen LogP) is 7.57. The lowest BCUT2D eigenvalue weighted by Crippen LogP contribution is -2.37. The Morgan fingerprint density at radius 1 is 0.857 bits per heavy atom. The Balaban J connectivity index is 1.61. The highest BCUT2D eigenvalue weighted by molar-refractivity contribution is 6.08. The maximum absolute atomic E-state index is 13.8. The first-order valence-corrected chi connectivity index (χ1v) is 13.1. The molecule has 212 valence electrons. The highest BCUT2D eigenvalue weighted by Crippen LogP contribution is 2.39. The van der Waals surface area contributed by atoms with Crippen LogP contribution in [0.15, 0.2) is 126 Å². The van der Waals surface area contributed by atoms with E-state index in [0.29, 0.717) is 5.70 Å². The van der Waals surface area contributed by atoms with E-state index in [1.165, 1.54) is 11.0 Å². The van der Waals surface area contributed by atoms with E-state index < -0.39 is 29.8 Å². The summed E-state index contributed by atoms with van der Waals surface area (Å²) in [5.74, 6) is -1.01. The number of rotatable bonds is 5. The van der Waals surface area contributed by atoms with Crippen LogP contribution in [0, 0.1) is 0 Å². The molecule has 0 aliphatic carbocycles. The number of guanidine groups is 1. The minimum absolute atomic E-state index is 0.0383. The van der Waals surface area contributed by atoms with Gasteiger partial charge >= 0.3 is 12.3 Å². The molecule has 1 fully saturated rings. The van der Waals surface area contributed by atoms with Crippen LogP contribution in [-0.4, -0.2) is 34.8 Å². The van der Waals surface area contributed by atoms with E-state index in [1.54, 1.807) is 18.0 Å². The topological polar surface area (TPSA) is 62.2 Å². The third-order valence-corrected chi connectivity index (χ3v) is 6.70. The summed E-state index contributed by atoms with van der Waals surface area (Å²) in [6, 6.07) is 31.2. The van der Waals surface area contributed by atoms with Gasteiger partial charge in [0.05, 0.1) is 17.3 Å². The minimum Gasteiger partial charge on any atom is -0.444 e. The highest BCUT2D eigenvalue weighted by atomic mass is 19.4. The fourth-order valence-electron chi connectivity index (χ4n) is 4.69. The Bertz CT molecular complexity index is 1620. The van der Waals surface area contributed by atoms with Crippen LogP contribution in [0.3, 0.4) is 0 Å². The molecule has 42 heavy (non-hydrogen) atoms. The van der Waals surface area contributed by atoms with Gasteiger partial charge in [-0.05, 0) is 41.0 Å². The number of ether oxygens (including phenoxy) is 1. The van der Waals surface area contributed by atoms with Gasteiger partial charge in [-0.15, -0.1) is 0 Å². The van der Waals surface area contributed by atoms with Gasteiger partial charge in [-0.3, -0.25) is 4.79 Å². The van der Waals surface area contributed by atoms with E-state index in [9.17, 15) is 22.8 Å². The van der Waals surface area contributed by atoms with Gasteiger partial charge in [0, 0.05) is 12.6 Å². The number of nitrogens with zero attached hydrogens (tertiary/aromatic N) is 3. The summed E-state index contributed by atoms with van der Waals surface area (Å²) in [6.45, 7) is -0.0383. The van der Waals surface area contributed by atoms with Crippen molar-refractivity contribution in [3.8, 4) is 0 Å². The highest BCUT2D eigenvalue weighted by Gasteiger charge is 2.44. The van der Waals surface area contributed by atoms with Crippen molar-refractivity contribution >= 4 is 24.0 Å². The molecule has 1 aliphatic rings. The Labute approximate surface area is 241 Å². The van der Waals surface area contributed by atoms with Gasteiger partial charge in [0.2, 0.25) is 5.96 Å². The quantitative estimate of drug-likeness (QED) is 0.249. The molecule has 0 radical (unpaired) electrons. The summed E-state index contributed by atoms with van der Waals surface area (Å²) >= 11 is 0. The molecule has 0 N–H and O–H groups in total. The van der Waals surface area contributed by atoms with E-state index in [-0.39, 0.29) is 18.1 Å². The molecule has 9 heteroatoms. The van der Waals surface area contributed by atoms with Gasteiger partial charge < -0.3 is 9.64 Å². The number of amides is 2. The Morgan fingerprint density at radius 2 is 1.48 bits per heavy atom. The standard InChI is InChI=1S/C33H26F3N3O3/c1-38-29(25-16-9-4-10-17-25)28(20-23-12-5-2-6-13-23)39(32(41)42-22-24-14-7-3-8-15-24)31(38)37-30(40)26-18-11-19-27(21-26)33(34,35)36/h2-21,29H,22H2,1H3/b28-20-,37-31?. The third kappa shape index (κ3) is 6.25. The van der Waals surface area contributed by atoms with Crippen LogP contribution in [0.25, 0.3) is 6.08 Å². The zero-order valence-corrected chi connectivity index (χ0v) is 22.5. The number of hydrogen-bond donors (Lipinski definition) is 0. The van der Waals surface area contributed by atoms with E-state index in [0.717, 1.165) is 34.9 Å². The van der Waals surface area contributed by atoms with Gasteiger partial charge in [0.1, 0.15) is 6.61 Å². The van der Waals surface area contributed by atoms with Crippen molar-refractivity contribution in [2.75, 3.05) is 7.05 Å². The fraction of sp³-hybridized carbons (Fsp3) is 0.121. The molecule has 4 aromatic carbocycles. The monoisotopic (exact) mass is 569 g/mol. The number of benzene rings is 4. The smallest absolute Gasteiger partial charge is 0.421 e. The average Bonchev–Trinajstić information content (AvgIpc) is 3.27. The Kier molecular flexibility index (Phi) is 8.19. The van der Waals surface area contributed by atoms with Gasteiger partial charge in [-0.2, -0.15) is 18.2 Å². The first-order chi connectivity index (χ1) is 20.2. The van der Waals surface area contributed by atoms with Crippen molar-refractivity contribution in [1.29, 1.82) is 0 Å². The lowest BCUT2D eigenvalue weighted by Gasteiger charge is -2.20. The molecule has 1 heterocycles. The van der Waals surface area contributed by atoms with Crippen molar-refractivity contribution in [3.05, 3.63) is 149 Å². The molecule has 1 atom stereocenters. The van der Waals surface area contributed by atoms with Gasteiger partial charge in [0.25, 0.3) is 5.91 Å². The summed E-state index contributed by atoms with van der Waals surface area (Å²) in [6.07, 6.45) is -3.62. The number of aliphatic imine (C=N–C) groups is 1. The lowest BCUT2D eigenvalue weighted by molar-refractivity contribution is -0.137. The van der Waals surface area contributed by atoms with Crippen molar-refractivity contribution in [1.82, 2.24) is 9.80 Å². The second-order valence-electron chi connectivity index (χ2n) is 9.58. The molecule has 6 nitrogen and oxygen atoms in total. The molecule has 0 spiro atoms. The van der Waals surface area contributed by atoms with E-state index in [1.807, 2.05) is 91.0 Å². The number of alkyl halides is 3. The molecule has 4 aromatic rings. The predicted molar refractivity (Wildman–Crippen MR) is 153 cm³/mol. The van der Waals surface area contributed by atoms with Crippen molar-refractivity contribution in [3.63, 3.8) is 0 Å². The molecular weight excluding hydrogens is 543 g/mol. The molecule has 5 rings (SSSR count). The first-order valence-electron chi connectivity index (χ1n) is 13.1. The third-order valence-electron chi connectivity index (χ3n) is 6.70. The second kappa shape index (κ2) is 12.1. The number of carbonyl (C=O) groups is 2. The zero-order valence-electron chi connectivity index (χ0n) is 22.5. The normalized spacial score (nSPS) is 17.1. The molecule has 0 saturated carbocycles. The van der Waals surface area contributed by atoms with Crippen molar-refractivity contribution < 1.29 is 27.5 Å². The number of hydrogen-bond acceptors (Lipinski definition) is 3. The maximum Gasteiger partial charge on any atom is 0.421 e. The second-order valence-corrected chi connectivity index (χ2v) is 9.58. The number of carbonyl (C=O) groups excluding carboxylic acids is 2. The van der Waals surface area contributed by atoms with Crippen LogP contribution in [0.1, 0.15) is 38.7 Å². The average molecular weight is 570 g/mol. The SMILES string of the molecule is CN1C(=NC(=O)c2cccc(C(F)(F)F)c2)N(C(=O)OCc2ccccc2)/C(=C\c2ccccc2)C1c1ccccc1. The van der Waals surface area contributed by atoms with Crippen molar-refractivity contribution in [2.24, 2.45) is 4.99 Å². The summed E-state index contributed by atoms with van der Waals surface area (Å²) in [7, 11) is 1.67. The lowest BCUT2D eigenvalue weighted by atomic mass is 10.0. The largest absolute Gasteiger partial charge is 0.444 e. The van der Waals surface area contributed by atoms with E-state index in [4.69, 9.17) is 4.74 Å². The van der Waals surface area contributed by atoms with Gasteiger partial charge in [0.15, 0.2) is 0 Å². The molecule has 1 saturated heterocycles. The molecule has 1 unspecified atom stereocenters. The summed E-state index contributed by atoms with van der Waals surface area (Å²) in [5, 5.41) is 0. The Morgan fingerprint density at radius 3 is 2.12 bits per heavy atom. The molecule has 2 amide bonds. The summed E-state index contributed by atoms with van der Waals surface area (Å²) < 4.78 is 45.7. The molecular formula is C33H26F3N3O3. The summed E-state index contributed by atoms with van der Waals surface area (Å²) in [4.78, 5) is 34.1. The molecule has 0 bridgehead atoms. The number of halogens is 3. The van der Waals surface area contributed by atoms with Crippen LogP contribution in [0.2, 0.25) is 0 Å². The maximum atomic E-state index is 13.8. The molecule has 1 aliphatic heterocycles. The van der Waals surface area contributed by atoms with E-state index >= 15 is 0 Å². The minimum atomic E-state index is -4.63. The van der Waals surface area contributed by atoms with Crippen LogP contribution in [-0.2, 0) is 17.5 Å². The van der Waals surface area contributed by atoms with Crippen LogP contribution >= 0.6 is 0 Å². The Hall–Kier alpha value is -5.18. The van der Waals surface area contributed by atoms with Crippen LogP contribution in [0.5, 0.6) is 0 Å². The molecule has 0 aromatic heterocycles. The van der Waals surface area contributed by atoms with Gasteiger partial charge in [-0.25, -0.2) is 9.69 Å². The fourth-order valence-corrected chi connectivity index (χ4v) is 4.69. The number of likely N-dealkylation sites (N-methyl/N-ethyl adjacent to an activating group) is 1. The zero-order chi connectivity index (χ0) is 29.7.